The van der Waals surface area contributed by atoms with Crippen LogP contribution in [0.5, 0.6) is 5.75 Å². The predicted octanol–water partition coefficient (Wildman–Crippen LogP) is 2.87. The third kappa shape index (κ3) is 5.91. The van der Waals surface area contributed by atoms with Crippen LogP contribution >= 0.6 is 15.9 Å². The van der Waals surface area contributed by atoms with Gasteiger partial charge in [-0.05, 0) is 31.5 Å². The van der Waals surface area contributed by atoms with E-state index in [1.165, 1.54) is 0 Å². The molecule has 1 rings (SSSR count). The van der Waals surface area contributed by atoms with Gasteiger partial charge < -0.3 is 19.5 Å². The van der Waals surface area contributed by atoms with Crippen LogP contribution in [0.25, 0.3) is 0 Å². The summed E-state index contributed by atoms with van der Waals surface area (Å²) >= 11 is 3.51. The Morgan fingerprint density at radius 1 is 1.32 bits per heavy atom. The molecule has 0 aromatic heterocycles. The van der Waals surface area contributed by atoms with Crippen LogP contribution in [0, 0.1) is 6.92 Å². The third-order valence-corrected chi connectivity index (χ3v) is 3.06. The van der Waals surface area contributed by atoms with Gasteiger partial charge >= 0.3 is 0 Å². The summed E-state index contributed by atoms with van der Waals surface area (Å²) in [6.45, 7) is 7.16. The van der Waals surface area contributed by atoms with Gasteiger partial charge in [0.25, 0.3) is 0 Å². The number of hydrogen-bond acceptors (Lipinski definition) is 4. The Hall–Kier alpha value is -0.620. The molecule has 0 heterocycles. The average Bonchev–Trinajstić information content (AvgIpc) is 2.37. The summed E-state index contributed by atoms with van der Waals surface area (Å²) in [7, 11) is 1.70. The van der Waals surface area contributed by atoms with E-state index in [0.717, 1.165) is 34.4 Å². The van der Waals surface area contributed by atoms with Gasteiger partial charge in [0.2, 0.25) is 0 Å². The fourth-order valence-corrected chi connectivity index (χ4v) is 2.34. The van der Waals surface area contributed by atoms with Gasteiger partial charge in [0.15, 0.2) is 6.79 Å². The molecule has 0 unspecified atom stereocenters. The first-order chi connectivity index (χ1) is 9.19. The average molecular weight is 332 g/mol. The van der Waals surface area contributed by atoms with Crippen molar-refractivity contribution in [3.63, 3.8) is 0 Å². The van der Waals surface area contributed by atoms with Gasteiger partial charge in [-0.15, -0.1) is 0 Å². The summed E-state index contributed by atoms with van der Waals surface area (Å²) < 4.78 is 17.0. The van der Waals surface area contributed by atoms with Crippen molar-refractivity contribution in [1.82, 2.24) is 5.32 Å². The highest BCUT2D eigenvalue weighted by atomic mass is 79.9. The summed E-state index contributed by atoms with van der Waals surface area (Å²) in [5.41, 5.74) is 2.21. The molecular formula is C14H22BrNO3. The molecule has 4 nitrogen and oxygen atoms in total. The highest BCUT2D eigenvalue weighted by Crippen LogP contribution is 2.28. The monoisotopic (exact) mass is 331 g/mol. The number of aryl methyl sites for hydroxylation is 1. The Morgan fingerprint density at radius 3 is 2.79 bits per heavy atom. The van der Waals surface area contributed by atoms with Gasteiger partial charge in [-0.25, -0.2) is 0 Å². The molecular weight excluding hydrogens is 310 g/mol. The molecule has 19 heavy (non-hydrogen) atoms. The van der Waals surface area contributed by atoms with Crippen LogP contribution in [0.3, 0.4) is 0 Å². The lowest BCUT2D eigenvalue weighted by Crippen LogP contribution is -2.19. The van der Waals surface area contributed by atoms with Gasteiger partial charge in [0.05, 0.1) is 6.61 Å². The summed E-state index contributed by atoms with van der Waals surface area (Å²) in [5, 5.41) is 3.32. The standard InChI is InChI=1S/C14H22BrNO3/c1-4-18-10-19-14-11(2)7-13(15)8-12(14)9-16-5-6-17-3/h7-8,16H,4-6,9-10H2,1-3H3. The largest absolute Gasteiger partial charge is 0.467 e. The highest BCUT2D eigenvalue weighted by Gasteiger charge is 2.09. The number of methoxy groups -OCH3 is 1. The Bertz CT molecular complexity index is 385. The zero-order valence-corrected chi connectivity index (χ0v) is 13.4. The van der Waals surface area contributed by atoms with Crippen molar-refractivity contribution in [1.29, 1.82) is 0 Å². The van der Waals surface area contributed by atoms with Crippen LogP contribution < -0.4 is 10.1 Å². The molecule has 0 amide bonds. The zero-order valence-electron chi connectivity index (χ0n) is 11.8. The fourth-order valence-electron chi connectivity index (χ4n) is 1.72. The van der Waals surface area contributed by atoms with E-state index in [2.05, 4.69) is 27.3 Å². The van der Waals surface area contributed by atoms with Crippen LogP contribution in [-0.2, 0) is 16.0 Å². The first-order valence-corrected chi connectivity index (χ1v) is 7.17. The van der Waals surface area contributed by atoms with Gasteiger partial charge in [-0.3, -0.25) is 0 Å². The molecule has 0 spiro atoms. The molecule has 0 atom stereocenters. The zero-order chi connectivity index (χ0) is 14.1. The number of benzene rings is 1. The minimum absolute atomic E-state index is 0.282. The molecule has 0 radical (unpaired) electrons. The molecule has 1 aromatic rings. The maximum absolute atomic E-state index is 5.71. The van der Waals surface area contributed by atoms with Crippen LogP contribution in [0.4, 0.5) is 0 Å². The number of ether oxygens (including phenoxy) is 3. The van der Waals surface area contributed by atoms with Crippen molar-refractivity contribution in [2.45, 2.75) is 20.4 Å². The van der Waals surface area contributed by atoms with Crippen molar-refractivity contribution < 1.29 is 14.2 Å². The van der Waals surface area contributed by atoms with E-state index < -0.39 is 0 Å². The van der Waals surface area contributed by atoms with E-state index in [9.17, 15) is 0 Å². The Kier molecular flexibility index (Phi) is 8.05. The lowest BCUT2D eigenvalue weighted by atomic mass is 10.1. The Balaban J connectivity index is 2.69. The molecule has 0 saturated heterocycles. The van der Waals surface area contributed by atoms with Crippen molar-refractivity contribution >= 4 is 15.9 Å². The van der Waals surface area contributed by atoms with E-state index in [1.807, 2.05) is 19.9 Å². The minimum atomic E-state index is 0.282. The normalized spacial score (nSPS) is 10.7. The molecule has 5 heteroatoms. The maximum atomic E-state index is 5.71. The number of nitrogens with one attached hydrogen (secondary N) is 1. The second-order valence-electron chi connectivity index (χ2n) is 4.14. The Labute approximate surface area is 123 Å². The van der Waals surface area contributed by atoms with Crippen LogP contribution in [-0.4, -0.2) is 33.7 Å². The number of hydrogen-bond donors (Lipinski definition) is 1. The first kappa shape index (κ1) is 16.4. The first-order valence-electron chi connectivity index (χ1n) is 6.38. The van der Waals surface area contributed by atoms with E-state index in [1.54, 1.807) is 7.11 Å². The predicted molar refractivity (Wildman–Crippen MR) is 79.6 cm³/mol. The molecule has 1 N–H and O–H groups in total. The second kappa shape index (κ2) is 9.31. The topological polar surface area (TPSA) is 39.7 Å². The molecule has 0 aliphatic rings. The smallest absolute Gasteiger partial charge is 0.189 e. The summed E-state index contributed by atoms with van der Waals surface area (Å²) in [4.78, 5) is 0. The minimum Gasteiger partial charge on any atom is -0.467 e. The van der Waals surface area contributed by atoms with E-state index >= 15 is 0 Å². The van der Waals surface area contributed by atoms with Gasteiger partial charge in [-0.1, -0.05) is 15.9 Å². The Morgan fingerprint density at radius 2 is 2.11 bits per heavy atom. The molecule has 0 bridgehead atoms. The molecule has 0 aliphatic carbocycles. The van der Waals surface area contributed by atoms with Crippen LogP contribution in [0.1, 0.15) is 18.1 Å². The molecule has 0 aliphatic heterocycles. The van der Waals surface area contributed by atoms with Gasteiger partial charge in [0.1, 0.15) is 5.75 Å². The molecule has 108 valence electrons. The summed E-state index contributed by atoms with van der Waals surface area (Å²) in [5.74, 6) is 0.890. The third-order valence-electron chi connectivity index (χ3n) is 2.61. The number of rotatable bonds is 9. The molecule has 1 aromatic carbocycles. The molecule has 0 fully saturated rings. The number of halogens is 1. The SMILES string of the molecule is CCOCOc1c(C)cc(Br)cc1CNCCOC. The van der Waals surface area contributed by atoms with Crippen molar-refractivity contribution in [2.24, 2.45) is 0 Å². The highest BCUT2D eigenvalue weighted by molar-refractivity contribution is 9.10. The summed E-state index contributed by atoms with van der Waals surface area (Å²) in [6, 6.07) is 4.11. The lowest BCUT2D eigenvalue weighted by Gasteiger charge is -2.15. The van der Waals surface area contributed by atoms with Crippen LogP contribution in [0.15, 0.2) is 16.6 Å². The second-order valence-corrected chi connectivity index (χ2v) is 5.05. The van der Waals surface area contributed by atoms with Crippen molar-refractivity contribution in [3.8, 4) is 5.75 Å². The maximum Gasteiger partial charge on any atom is 0.189 e. The van der Waals surface area contributed by atoms with Crippen molar-refractivity contribution in [3.05, 3.63) is 27.7 Å². The van der Waals surface area contributed by atoms with Crippen LogP contribution in [0.2, 0.25) is 0 Å². The van der Waals surface area contributed by atoms with E-state index in [0.29, 0.717) is 13.2 Å². The molecule has 0 saturated carbocycles. The summed E-state index contributed by atoms with van der Waals surface area (Å²) in [6.07, 6.45) is 0. The van der Waals surface area contributed by atoms with E-state index in [4.69, 9.17) is 14.2 Å². The van der Waals surface area contributed by atoms with E-state index in [-0.39, 0.29) is 6.79 Å². The lowest BCUT2D eigenvalue weighted by molar-refractivity contribution is 0.0213. The van der Waals surface area contributed by atoms with Gasteiger partial charge in [0, 0.05) is 36.8 Å². The van der Waals surface area contributed by atoms with Gasteiger partial charge in [-0.2, -0.15) is 0 Å². The quantitative estimate of drug-likeness (QED) is 0.558. The van der Waals surface area contributed by atoms with Crippen molar-refractivity contribution in [2.75, 3.05) is 33.7 Å². The fraction of sp³-hybridized carbons (Fsp3) is 0.571.